The first kappa shape index (κ1) is 17.6. The molecule has 4 heteroatoms. The van der Waals surface area contributed by atoms with Gasteiger partial charge in [-0.15, -0.1) is 0 Å². The number of aryl methyl sites for hydroxylation is 1. The second-order valence-corrected chi connectivity index (χ2v) is 7.99. The van der Waals surface area contributed by atoms with Gasteiger partial charge in [0.15, 0.2) is 0 Å². The summed E-state index contributed by atoms with van der Waals surface area (Å²) in [5.41, 5.74) is 1.02. The van der Waals surface area contributed by atoms with Crippen molar-refractivity contribution in [3.63, 3.8) is 0 Å². The van der Waals surface area contributed by atoms with Crippen LogP contribution in [0.3, 0.4) is 0 Å². The van der Waals surface area contributed by atoms with Crippen LogP contribution in [0.5, 0.6) is 5.75 Å². The van der Waals surface area contributed by atoms with Crippen molar-refractivity contribution in [2.24, 2.45) is 17.8 Å². The zero-order valence-corrected chi connectivity index (χ0v) is 15.4. The van der Waals surface area contributed by atoms with Gasteiger partial charge in [0.25, 0.3) is 0 Å². The SMILES string of the molecule is Cc1cc(Cl)ccc1OCCCC(=O)N[C@H](C)[C@H]1C[C@@H]2CC[C@@H]1C2. The van der Waals surface area contributed by atoms with Gasteiger partial charge in [-0.3, -0.25) is 4.79 Å². The van der Waals surface area contributed by atoms with Gasteiger partial charge in [0.1, 0.15) is 5.75 Å². The lowest BCUT2D eigenvalue weighted by molar-refractivity contribution is -0.122. The molecule has 2 saturated carbocycles. The van der Waals surface area contributed by atoms with E-state index in [1.807, 2.05) is 25.1 Å². The number of rotatable bonds is 7. The quantitative estimate of drug-likeness (QED) is 0.721. The summed E-state index contributed by atoms with van der Waals surface area (Å²) < 4.78 is 5.75. The Balaban J connectivity index is 1.35. The Morgan fingerprint density at radius 1 is 1.38 bits per heavy atom. The number of nitrogens with one attached hydrogen (secondary N) is 1. The number of halogens is 1. The summed E-state index contributed by atoms with van der Waals surface area (Å²) in [6, 6.07) is 5.91. The molecule has 4 atom stereocenters. The Kier molecular flexibility index (Phi) is 5.70. The lowest BCUT2D eigenvalue weighted by atomic mass is 9.84. The summed E-state index contributed by atoms with van der Waals surface area (Å²) in [7, 11) is 0. The summed E-state index contributed by atoms with van der Waals surface area (Å²) in [6.07, 6.45) is 6.73. The Labute approximate surface area is 150 Å². The summed E-state index contributed by atoms with van der Waals surface area (Å²) in [5, 5.41) is 3.93. The maximum Gasteiger partial charge on any atom is 0.220 e. The van der Waals surface area contributed by atoms with Crippen LogP contribution in [0.4, 0.5) is 0 Å². The minimum atomic E-state index is 0.154. The van der Waals surface area contributed by atoms with E-state index in [1.54, 1.807) is 0 Å². The lowest BCUT2D eigenvalue weighted by Crippen LogP contribution is -2.40. The number of benzene rings is 1. The molecule has 1 aromatic rings. The lowest BCUT2D eigenvalue weighted by Gasteiger charge is -2.28. The molecule has 0 aromatic heterocycles. The fraction of sp³-hybridized carbons (Fsp3) is 0.650. The molecule has 0 radical (unpaired) electrons. The summed E-state index contributed by atoms with van der Waals surface area (Å²) in [6.45, 7) is 4.71. The van der Waals surface area contributed by atoms with E-state index in [9.17, 15) is 4.79 Å². The zero-order valence-electron chi connectivity index (χ0n) is 14.7. The molecule has 0 unspecified atom stereocenters. The van der Waals surface area contributed by atoms with E-state index in [2.05, 4.69) is 12.2 Å². The van der Waals surface area contributed by atoms with E-state index in [-0.39, 0.29) is 5.91 Å². The molecule has 0 saturated heterocycles. The van der Waals surface area contributed by atoms with Crippen molar-refractivity contribution in [2.45, 2.75) is 58.4 Å². The van der Waals surface area contributed by atoms with Gasteiger partial charge in [-0.2, -0.15) is 0 Å². The minimum absolute atomic E-state index is 0.154. The molecule has 1 aromatic carbocycles. The van der Waals surface area contributed by atoms with E-state index in [0.717, 1.165) is 29.6 Å². The van der Waals surface area contributed by atoms with Crippen molar-refractivity contribution >= 4 is 17.5 Å². The van der Waals surface area contributed by atoms with Gasteiger partial charge >= 0.3 is 0 Å². The van der Waals surface area contributed by atoms with Crippen molar-refractivity contribution in [3.8, 4) is 5.75 Å². The molecule has 1 amide bonds. The van der Waals surface area contributed by atoms with E-state index >= 15 is 0 Å². The number of ether oxygens (including phenoxy) is 1. The number of hydrogen-bond acceptors (Lipinski definition) is 2. The first-order chi connectivity index (χ1) is 11.5. The van der Waals surface area contributed by atoms with Crippen LogP contribution in [0, 0.1) is 24.7 Å². The van der Waals surface area contributed by atoms with Crippen LogP contribution >= 0.6 is 11.6 Å². The van der Waals surface area contributed by atoms with E-state index in [1.165, 1.54) is 25.7 Å². The van der Waals surface area contributed by atoms with E-state index in [4.69, 9.17) is 16.3 Å². The van der Waals surface area contributed by atoms with E-state index in [0.29, 0.717) is 30.0 Å². The third-order valence-electron chi connectivity index (χ3n) is 5.77. The Bertz CT molecular complexity index is 589. The molecule has 0 heterocycles. The number of fused-ring (bicyclic) bond motifs is 2. The fourth-order valence-electron chi connectivity index (χ4n) is 4.53. The highest BCUT2D eigenvalue weighted by Gasteiger charge is 2.41. The monoisotopic (exact) mass is 349 g/mol. The molecule has 2 aliphatic rings. The standard InChI is InChI=1S/C20H28ClNO2/c1-13-10-17(21)7-8-19(13)24-9-3-4-20(23)22-14(2)18-12-15-5-6-16(18)11-15/h7-8,10,14-16,18H,3-6,9,11-12H2,1-2H3,(H,22,23)/t14-,15-,16-,18-/m1/s1. The molecule has 2 fully saturated rings. The molecule has 1 N–H and O–H groups in total. The average molecular weight is 350 g/mol. The van der Waals surface area contributed by atoms with Crippen molar-refractivity contribution in [1.82, 2.24) is 5.32 Å². The molecule has 2 bridgehead atoms. The second kappa shape index (κ2) is 7.77. The van der Waals surface area contributed by atoms with Gasteiger partial charge in [-0.05, 0) is 81.0 Å². The molecule has 0 spiro atoms. The van der Waals surface area contributed by atoms with Crippen molar-refractivity contribution < 1.29 is 9.53 Å². The van der Waals surface area contributed by atoms with Crippen molar-refractivity contribution in [3.05, 3.63) is 28.8 Å². The zero-order chi connectivity index (χ0) is 17.1. The molecule has 0 aliphatic heterocycles. The minimum Gasteiger partial charge on any atom is -0.493 e. The number of amides is 1. The number of hydrogen-bond donors (Lipinski definition) is 1. The van der Waals surface area contributed by atoms with E-state index < -0.39 is 0 Å². The maximum absolute atomic E-state index is 12.2. The smallest absolute Gasteiger partial charge is 0.220 e. The van der Waals surface area contributed by atoms with Crippen LogP contribution in [0.15, 0.2) is 18.2 Å². The van der Waals surface area contributed by atoms with Crippen LogP contribution < -0.4 is 10.1 Å². The predicted octanol–water partition coefficient (Wildman–Crippen LogP) is 4.75. The molecular formula is C20H28ClNO2. The third kappa shape index (κ3) is 4.24. The Morgan fingerprint density at radius 3 is 2.88 bits per heavy atom. The molecule has 2 aliphatic carbocycles. The van der Waals surface area contributed by atoms with Gasteiger partial charge < -0.3 is 10.1 Å². The fourth-order valence-corrected chi connectivity index (χ4v) is 4.76. The summed E-state index contributed by atoms with van der Waals surface area (Å²) in [5.74, 6) is 3.47. The highest BCUT2D eigenvalue weighted by atomic mass is 35.5. The molecule has 24 heavy (non-hydrogen) atoms. The second-order valence-electron chi connectivity index (χ2n) is 7.56. The van der Waals surface area contributed by atoms with Crippen molar-refractivity contribution in [2.75, 3.05) is 6.61 Å². The number of carbonyl (C=O) groups excluding carboxylic acids is 1. The molecule has 132 valence electrons. The topological polar surface area (TPSA) is 38.3 Å². The highest BCUT2D eigenvalue weighted by Crippen LogP contribution is 2.49. The first-order valence-electron chi connectivity index (χ1n) is 9.21. The van der Waals surface area contributed by atoms with Crippen LogP contribution in [0.1, 0.15) is 51.0 Å². The van der Waals surface area contributed by atoms with Crippen molar-refractivity contribution in [1.29, 1.82) is 0 Å². The summed E-state index contributed by atoms with van der Waals surface area (Å²) in [4.78, 5) is 12.2. The van der Waals surface area contributed by atoms with Gasteiger partial charge in [-0.1, -0.05) is 18.0 Å². The largest absolute Gasteiger partial charge is 0.493 e. The maximum atomic E-state index is 12.2. The normalized spacial score (nSPS) is 26.4. The van der Waals surface area contributed by atoms with Crippen LogP contribution in [0.25, 0.3) is 0 Å². The van der Waals surface area contributed by atoms with Gasteiger partial charge in [-0.25, -0.2) is 0 Å². The highest BCUT2D eigenvalue weighted by molar-refractivity contribution is 6.30. The third-order valence-corrected chi connectivity index (χ3v) is 6.00. The van der Waals surface area contributed by atoms with Gasteiger partial charge in [0.2, 0.25) is 5.91 Å². The Hall–Kier alpha value is -1.22. The molecule has 3 nitrogen and oxygen atoms in total. The Morgan fingerprint density at radius 2 is 2.21 bits per heavy atom. The average Bonchev–Trinajstić information content (AvgIpc) is 3.16. The summed E-state index contributed by atoms with van der Waals surface area (Å²) >= 11 is 5.94. The van der Waals surface area contributed by atoms with Gasteiger partial charge in [0.05, 0.1) is 6.61 Å². The first-order valence-corrected chi connectivity index (χ1v) is 9.59. The molecular weight excluding hydrogens is 322 g/mol. The van der Waals surface area contributed by atoms with Crippen LogP contribution in [-0.4, -0.2) is 18.6 Å². The predicted molar refractivity (Wildman–Crippen MR) is 97.5 cm³/mol. The molecule has 3 rings (SSSR count). The van der Waals surface area contributed by atoms with Crippen LogP contribution in [-0.2, 0) is 4.79 Å². The van der Waals surface area contributed by atoms with Gasteiger partial charge in [0, 0.05) is 17.5 Å². The van der Waals surface area contributed by atoms with Crippen LogP contribution in [0.2, 0.25) is 5.02 Å². The number of carbonyl (C=O) groups is 1.